The molecule has 1 heterocycles. The Morgan fingerprint density at radius 3 is 2.89 bits per heavy atom. The average Bonchev–Trinajstić information content (AvgIpc) is 2.76. The largest absolute Gasteiger partial charge is 0.389 e. The Morgan fingerprint density at radius 1 is 1.44 bits per heavy atom. The Hall–Kier alpha value is -1.88. The molecule has 0 aliphatic carbocycles. The van der Waals surface area contributed by atoms with E-state index in [0.717, 1.165) is 30.0 Å². The summed E-state index contributed by atoms with van der Waals surface area (Å²) in [5, 5.41) is 3.34. The van der Waals surface area contributed by atoms with Gasteiger partial charge in [-0.1, -0.05) is 24.4 Å². The second-order valence-electron chi connectivity index (χ2n) is 4.04. The lowest BCUT2D eigenvalue weighted by Gasteiger charge is -2.10. The average molecular weight is 260 g/mol. The number of anilines is 1. The summed E-state index contributed by atoms with van der Waals surface area (Å²) in [5.74, 6) is 1.05. The first-order valence-electron chi connectivity index (χ1n) is 5.77. The second-order valence-corrected chi connectivity index (χ2v) is 4.48. The molecule has 1 aromatic heterocycles. The SMILES string of the molecule is Cn1ccnc1CCNc1ccccc1C(N)=S. The molecule has 0 aliphatic heterocycles. The number of nitrogens with one attached hydrogen (secondary N) is 1. The van der Waals surface area contributed by atoms with Crippen LogP contribution in [0.5, 0.6) is 0 Å². The van der Waals surface area contributed by atoms with Gasteiger partial charge in [-0.25, -0.2) is 4.98 Å². The first-order chi connectivity index (χ1) is 8.68. The van der Waals surface area contributed by atoms with Crippen molar-refractivity contribution in [2.75, 3.05) is 11.9 Å². The van der Waals surface area contributed by atoms with Gasteiger partial charge in [0.05, 0.1) is 0 Å². The van der Waals surface area contributed by atoms with Gasteiger partial charge in [0.1, 0.15) is 10.8 Å². The molecule has 0 radical (unpaired) electrons. The molecule has 2 aromatic rings. The Balaban J connectivity index is 1.99. The van der Waals surface area contributed by atoms with Crippen LogP contribution in [-0.4, -0.2) is 21.1 Å². The van der Waals surface area contributed by atoms with E-state index in [0.29, 0.717) is 4.99 Å². The highest BCUT2D eigenvalue weighted by atomic mass is 32.1. The van der Waals surface area contributed by atoms with Crippen molar-refractivity contribution in [1.29, 1.82) is 0 Å². The van der Waals surface area contributed by atoms with E-state index in [-0.39, 0.29) is 0 Å². The third-order valence-corrected chi connectivity index (χ3v) is 3.00. The van der Waals surface area contributed by atoms with E-state index in [1.807, 2.05) is 42.1 Å². The van der Waals surface area contributed by atoms with Crippen molar-refractivity contribution in [2.45, 2.75) is 6.42 Å². The van der Waals surface area contributed by atoms with Gasteiger partial charge in [-0.2, -0.15) is 0 Å². The fourth-order valence-corrected chi connectivity index (χ4v) is 1.98. The molecule has 2 rings (SSSR count). The third kappa shape index (κ3) is 2.87. The molecule has 4 nitrogen and oxygen atoms in total. The number of rotatable bonds is 5. The van der Waals surface area contributed by atoms with Gasteiger partial charge in [0.2, 0.25) is 0 Å². The highest BCUT2D eigenvalue weighted by molar-refractivity contribution is 7.80. The monoisotopic (exact) mass is 260 g/mol. The van der Waals surface area contributed by atoms with E-state index in [9.17, 15) is 0 Å². The lowest BCUT2D eigenvalue weighted by molar-refractivity contribution is 0.789. The predicted molar refractivity (Wildman–Crippen MR) is 77.7 cm³/mol. The number of aryl methyl sites for hydroxylation is 1. The first kappa shape index (κ1) is 12.6. The maximum absolute atomic E-state index is 5.68. The van der Waals surface area contributed by atoms with Gasteiger partial charge in [-0.15, -0.1) is 0 Å². The summed E-state index contributed by atoms with van der Waals surface area (Å²) < 4.78 is 2.02. The minimum atomic E-state index is 0.412. The summed E-state index contributed by atoms with van der Waals surface area (Å²) in [6.45, 7) is 0.796. The standard InChI is InChI=1S/C13H16N4S/c1-17-9-8-16-12(17)6-7-15-11-5-3-2-4-10(11)13(14)18/h2-5,8-9,15H,6-7H2,1H3,(H2,14,18). The Bertz CT molecular complexity index is 547. The molecule has 0 amide bonds. The van der Waals surface area contributed by atoms with Crippen molar-refractivity contribution in [3.63, 3.8) is 0 Å². The number of thiocarbonyl (C=S) groups is 1. The fourth-order valence-electron chi connectivity index (χ4n) is 1.80. The molecular weight excluding hydrogens is 244 g/mol. The number of nitrogens with zero attached hydrogens (tertiary/aromatic N) is 2. The maximum atomic E-state index is 5.68. The summed E-state index contributed by atoms with van der Waals surface area (Å²) in [4.78, 5) is 4.69. The van der Waals surface area contributed by atoms with Crippen molar-refractivity contribution in [3.8, 4) is 0 Å². The van der Waals surface area contributed by atoms with Crippen LogP contribution in [-0.2, 0) is 13.5 Å². The zero-order valence-electron chi connectivity index (χ0n) is 10.3. The minimum absolute atomic E-state index is 0.412. The summed E-state index contributed by atoms with van der Waals surface area (Å²) in [6.07, 6.45) is 4.60. The number of hydrogen-bond donors (Lipinski definition) is 2. The number of benzene rings is 1. The smallest absolute Gasteiger partial charge is 0.110 e. The zero-order valence-corrected chi connectivity index (χ0v) is 11.1. The lowest BCUT2D eigenvalue weighted by Crippen LogP contribution is -2.15. The van der Waals surface area contributed by atoms with Gasteiger partial charge in [0.25, 0.3) is 0 Å². The van der Waals surface area contributed by atoms with Gasteiger partial charge < -0.3 is 15.6 Å². The first-order valence-corrected chi connectivity index (χ1v) is 6.18. The molecule has 0 unspecified atom stereocenters. The third-order valence-electron chi connectivity index (χ3n) is 2.78. The molecule has 0 saturated heterocycles. The quantitative estimate of drug-likeness (QED) is 0.804. The van der Waals surface area contributed by atoms with E-state index >= 15 is 0 Å². The van der Waals surface area contributed by atoms with E-state index in [4.69, 9.17) is 18.0 Å². The zero-order chi connectivity index (χ0) is 13.0. The number of nitrogens with two attached hydrogens (primary N) is 1. The van der Waals surface area contributed by atoms with Crippen LogP contribution in [0.3, 0.4) is 0 Å². The van der Waals surface area contributed by atoms with E-state index in [1.165, 1.54) is 0 Å². The molecule has 1 aromatic carbocycles. The summed E-state index contributed by atoms with van der Waals surface area (Å²) in [5.41, 5.74) is 7.53. The van der Waals surface area contributed by atoms with Gasteiger partial charge in [-0.3, -0.25) is 0 Å². The molecule has 0 saturated carbocycles. The highest BCUT2D eigenvalue weighted by Crippen LogP contribution is 2.14. The highest BCUT2D eigenvalue weighted by Gasteiger charge is 2.04. The lowest BCUT2D eigenvalue weighted by atomic mass is 10.1. The molecule has 18 heavy (non-hydrogen) atoms. The molecule has 0 aliphatic rings. The molecule has 0 fully saturated rings. The second kappa shape index (κ2) is 5.64. The van der Waals surface area contributed by atoms with Crippen molar-refractivity contribution in [3.05, 3.63) is 48.0 Å². The van der Waals surface area contributed by atoms with Gasteiger partial charge in [0, 0.05) is 43.7 Å². The van der Waals surface area contributed by atoms with Crippen molar-refractivity contribution < 1.29 is 0 Å². The van der Waals surface area contributed by atoms with Crippen molar-refractivity contribution in [1.82, 2.24) is 9.55 Å². The summed E-state index contributed by atoms with van der Waals surface area (Å²) >= 11 is 5.02. The maximum Gasteiger partial charge on any atom is 0.110 e. The van der Waals surface area contributed by atoms with E-state index in [2.05, 4.69) is 10.3 Å². The van der Waals surface area contributed by atoms with Crippen LogP contribution in [0.25, 0.3) is 0 Å². The molecule has 94 valence electrons. The van der Waals surface area contributed by atoms with Gasteiger partial charge >= 0.3 is 0 Å². The van der Waals surface area contributed by atoms with E-state index < -0.39 is 0 Å². The number of hydrogen-bond acceptors (Lipinski definition) is 3. The summed E-state index contributed by atoms with van der Waals surface area (Å²) in [6, 6.07) is 7.79. The van der Waals surface area contributed by atoms with Crippen LogP contribution in [0.4, 0.5) is 5.69 Å². The Labute approximate surface area is 112 Å². The fraction of sp³-hybridized carbons (Fsp3) is 0.231. The Morgan fingerprint density at radius 2 is 2.22 bits per heavy atom. The Kier molecular flexibility index (Phi) is 3.94. The minimum Gasteiger partial charge on any atom is -0.389 e. The molecular formula is C13H16N4S. The molecule has 5 heteroatoms. The number of para-hydroxylation sites is 1. The van der Waals surface area contributed by atoms with Crippen molar-refractivity contribution in [2.24, 2.45) is 12.8 Å². The van der Waals surface area contributed by atoms with Crippen LogP contribution in [0.15, 0.2) is 36.7 Å². The molecule has 0 atom stereocenters. The van der Waals surface area contributed by atoms with Crippen LogP contribution >= 0.6 is 12.2 Å². The number of aromatic nitrogens is 2. The summed E-state index contributed by atoms with van der Waals surface area (Å²) in [7, 11) is 1.99. The van der Waals surface area contributed by atoms with Crippen LogP contribution < -0.4 is 11.1 Å². The van der Waals surface area contributed by atoms with Crippen LogP contribution in [0.1, 0.15) is 11.4 Å². The number of imidazole rings is 1. The van der Waals surface area contributed by atoms with Crippen LogP contribution in [0.2, 0.25) is 0 Å². The van der Waals surface area contributed by atoms with Crippen LogP contribution in [0, 0.1) is 0 Å². The van der Waals surface area contributed by atoms with E-state index in [1.54, 1.807) is 6.20 Å². The topological polar surface area (TPSA) is 55.9 Å². The molecule has 0 bridgehead atoms. The van der Waals surface area contributed by atoms with Gasteiger partial charge in [0.15, 0.2) is 0 Å². The molecule has 0 spiro atoms. The predicted octanol–water partition coefficient (Wildman–Crippen LogP) is 1.71. The van der Waals surface area contributed by atoms with Crippen molar-refractivity contribution >= 4 is 22.9 Å². The normalized spacial score (nSPS) is 10.3. The molecule has 3 N–H and O–H groups in total. The van der Waals surface area contributed by atoms with Gasteiger partial charge in [-0.05, 0) is 12.1 Å².